The third-order valence-corrected chi connectivity index (χ3v) is 2.58. The Morgan fingerprint density at radius 1 is 1.38 bits per heavy atom. The Kier molecular flexibility index (Phi) is 3.31. The van der Waals surface area contributed by atoms with Crippen molar-refractivity contribution in [3.63, 3.8) is 0 Å². The molecule has 0 aromatic heterocycles. The van der Waals surface area contributed by atoms with Crippen molar-refractivity contribution in [3.05, 3.63) is 0 Å². The number of hydrogen-bond acceptors (Lipinski definition) is 2. The zero-order chi connectivity index (χ0) is 9.90. The number of nitrogens with one attached hydrogen (secondary N) is 1. The molecule has 13 heavy (non-hydrogen) atoms. The Morgan fingerprint density at radius 3 is 2.23 bits per heavy atom. The molecular weight excluding hydrogens is 166 g/mol. The predicted octanol–water partition coefficient (Wildman–Crippen LogP) is 1.33. The van der Waals surface area contributed by atoms with Gasteiger partial charge in [0.2, 0.25) is 5.91 Å². The molecule has 0 aromatic rings. The summed E-state index contributed by atoms with van der Waals surface area (Å²) in [6.07, 6.45) is 2.24. The van der Waals surface area contributed by atoms with Crippen LogP contribution in [0.3, 0.4) is 0 Å². The molecule has 0 radical (unpaired) electrons. The van der Waals surface area contributed by atoms with E-state index in [1.165, 1.54) is 0 Å². The van der Waals surface area contributed by atoms with Gasteiger partial charge < -0.3 is 10.1 Å². The topological polar surface area (TPSA) is 38.3 Å². The zero-order valence-electron chi connectivity index (χ0n) is 8.72. The monoisotopic (exact) mass is 185 g/mol. The first-order chi connectivity index (χ1) is 6.20. The van der Waals surface area contributed by atoms with Crippen LogP contribution in [-0.2, 0) is 9.53 Å². The fraction of sp³-hybridized carbons (Fsp3) is 0.900. The van der Waals surface area contributed by atoms with Crippen molar-refractivity contribution in [2.45, 2.75) is 39.7 Å². The van der Waals surface area contributed by atoms with Crippen molar-refractivity contribution in [1.82, 2.24) is 5.32 Å². The molecule has 2 fully saturated rings. The van der Waals surface area contributed by atoms with E-state index in [1.807, 2.05) is 13.8 Å². The molecule has 3 heteroatoms. The van der Waals surface area contributed by atoms with Gasteiger partial charge in [0, 0.05) is 18.4 Å². The van der Waals surface area contributed by atoms with Gasteiger partial charge in [0.25, 0.3) is 0 Å². The van der Waals surface area contributed by atoms with Crippen molar-refractivity contribution in [2.24, 2.45) is 5.41 Å². The molecule has 1 spiro atoms. The molecule has 0 bridgehead atoms. The third kappa shape index (κ3) is 2.21. The van der Waals surface area contributed by atoms with Gasteiger partial charge in [0.05, 0.1) is 13.2 Å². The van der Waals surface area contributed by atoms with E-state index in [-0.39, 0.29) is 5.91 Å². The highest BCUT2D eigenvalue weighted by atomic mass is 16.5. The van der Waals surface area contributed by atoms with E-state index in [0.29, 0.717) is 11.5 Å². The first kappa shape index (κ1) is 10.5. The molecule has 1 saturated heterocycles. The lowest BCUT2D eigenvalue weighted by Crippen LogP contribution is -2.59. The van der Waals surface area contributed by atoms with Crippen LogP contribution in [0, 0.1) is 5.41 Å². The summed E-state index contributed by atoms with van der Waals surface area (Å²) < 4.78 is 5.12. The van der Waals surface area contributed by atoms with Crippen molar-refractivity contribution < 1.29 is 9.53 Å². The van der Waals surface area contributed by atoms with E-state index in [0.717, 1.165) is 26.1 Å². The molecule has 1 saturated carbocycles. The normalized spacial score (nSPS) is 23.6. The molecule has 0 atom stereocenters. The van der Waals surface area contributed by atoms with Crippen LogP contribution in [0.5, 0.6) is 0 Å². The van der Waals surface area contributed by atoms with E-state index >= 15 is 0 Å². The molecule has 3 nitrogen and oxygen atoms in total. The minimum absolute atomic E-state index is 0.0880. The Bertz CT molecular complexity index is 179. The molecule has 1 aliphatic carbocycles. The lowest BCUT2D eigenvalue weighted by Gasteiger charge is -2.53. The highest BCUT2D eigenvalue weighted by molar-refractivity contribution is 5.73. The molecular formula is C10H19NO2. The number of carbonyl (C=O) groups excluding carboxylic acids is 1. The van der Waals surface area contributed by atoms with Gasteiger partial charge in [-0.15, -0.1) is 0 Å². The predicted molar refractivity (Wildman–Crippen MR) is 51.4 cm³/mol. The second-order valence-corrected chi connectivity index (χ2v) is 3.80. The number of rotatable bonds is 1. The summed E-state index contributed by atoms with van der Waals surface area (Å²) in [5.41, 5.74) is 0.465. The summed E-state index contributed by atoms with van der Waals surface area (Å²) in [5.74, 6) is 0.0880. The van der Waals surface area contributed by atoms with Crippen molar-refractivity contribution >= 4 is 5.91 Å². The lowest BCUT2D eigenvalue weighted by molar-refractivity contribution is -0.169. The molecule has 0 aromatic carbocycles. The van der Waals surface area contributed by atoms with Gasteiger partial charge in [-0.3, -0.25) is 4.79 Å². The Hall–Kier alpha value is -0.570. The van der Waals surface area contributed by atoms with Gasteiger partial charge in [0.1, 0.15) is 0 Å². The zero-order valence-corrected chi connectivity index (χ0v) is 8.72. The average Bonchev–Trinajstić information content (AvgIpc) is 1.96. The van der Waals surface area contributed by atoms with Crippen LogP contribution >= 0.6 is 0 Å². The van der Waals surface area contributed by atoms with Crippen LogP contribution in [0.1, 0.15) is 33.6 Å². The van der Waals surface area contributed by atoms with Gasteiger partial charge in [-0.25, -0.2) is 0 Å². The fourth-order valence-electron chi connectivity index (χ4n) is 2.00. The second kappa shape index (κ2) is 4.09. The maximum absolute atomic E-state index is 10.6. The first-order valence-electron chi connectivity index (χ1n) is 5.05. The highest BCUT2D eigenvalue weighted by Crippen LogP contribution is 2.46. The number of carbonyl (C=O) groups is 1. The highest BCUT2D eigenvalue weighted by Gasteiger charge is 2.49. The van der Waals surface area contributed by atoms with Crippen LogP contribution in [0.2, 0.25) is 0 Å². The maximum atomic E-state index is 10.6. The van der Waals surface area contributed by atoms with Crippen LogP contribution in [0.4, 0.5) is 0 Å². The van der Waals surface area contributed by atoms with Crippen LogP contribution < -0.4 is 5.32 Å². The Morgan fingerprint density at radius 2 is 1.92 bits per heavy atom. The molecule has 1 amide bonds. The van der Waals surface area contributed by atoms with E-state index in [1.54, 1.807) is 6.92 Å². The van der Waals surface area contributed by atoms with E-state index in [9.17, 15) is 4.79 Å². The number of hydrogen-bond donors (Lipinski definition) is 1. The summed E-state index contributed by atoms with van der Waals surface area (Å²) in [6, 6.07) is 0.427. The molecule has 1 aliphatic heterocycles. The third-order valence-electron chi connectivity index (χ3n) is 2.58. The summed E-state index contributed by atoms with van der Waals surface area (Å²) in [5, 5.41) is 2.91. The standard InChI is InChI=1S/C8H13NO2.C2H6/c1-6(10)9-7-2-8(3-7)4-11-5-8;1-2/h7H,2-5H2,1H3,(H,9,10);1-2H3. The first-order valence-corrected chi connectivity index (χ1v) is 5.05. The van der Waals surface area contributed by atoms with Gasteiger partial charge in [0.15, 0.2) is 0 Å². The van der Waals surface area contributed by atoms with Crippen LogP contribution in [0.25, 0.3) is 0 Å². The van der Waals surface area contributed by atoms with Gasteiger partial charge in [-0.05, 0) is 12.8 Å². The van der Waals surface area contributed by atoms with E-state index < -0.39 is 0 Å². The van der Waals surface area contributed by atoms with E-state index in [4.69, 9.17) is 4.74 Å². The summed E-state index contributed by atoms with van der Waals surface area (Å²) in [4.78, 5) is 10.6. The second-order valence-electron chi connectivity index (χ2n) is 3.80. The van der Waals surface area contributed by atoms with Gasteiger partial charge >= 0.3 is 0 Å². The quantitative estimate of drug-likeness (QED) is 0.669. The average molecular weight is 185 g/mol. The Labute approximate surface area is 79.8 Å². The summed E-state index contributed by atoms with van der Waals surface area (Å²) >= 11 is 0. The molecule has 2 rings (SSSR count). The number of amides is 1. The summed E-state index contributed by atoms with van der Waals surface area (Å²) in [6.45, 7) is 7.38. The smallest absolute Gasteiger partial charge is 0.217 e. The molecule has 1 N–H and O–H groups in total. The van der Waals surface area contributed by atoms with Crippen molar-refractivity contribution in [1.29, 1.82) is 0 Å². The number of ether oxygens (including phenoxy) is 1. The largest absolute Gasteiger partial charge is 0.380 e. The van der Waals surface area contributed by atoms with Crippen molar-refractivity contribution in [3.8, 4) is 0 Å². The van der Waals surface area contributed by atoms with Crippen molar-refractivity contribution in [2.75, 3.05) is 13.2 Å². The molecule has 1 heterocycles. The lowest BCUT2D eigenvalue weighted by atomic mass is 9.64. The van der Waals surface area contributed by atoms with E-state index in [2.05, 4.69) is 5.32 Å². The maximum Gasteiger partial charge on any atom is 0.217 e. The fourth-order valence-corrected chi connectivity index (χ4v) is 2.00. The van der Waals surface area contributed by atoms with Crippen LogP contribution in [-0.4, -0.2) is 25.2 Å². The minimum Gasteiger partial charge on any atom is -0.380 e. The molecule has 76 valence electrons. The minimum atomic E-state index is 0.0880. The molecule has 2 aliphatic rings. The van der Waals surface area contributed by atoms with Crippen LogP contribution in [0.15, 0.2) is 0 Å². The van der Waals surface area contributed by atoms with Gasteiger partial charge in [-0.1, -0.05) is 13.8 Å². The molecule has 0 unspecified atom stereocenters. The summed E-state index contributed by atoms with van der Waals surface area (Å²) in [7, 11) is 0. The van der Waals surface area contributed by atoms with Gasteiger partial charge in [-0.2, -0.15) is 0 Å². The SMILES string of the molecule is CC.CC(=O)NC1CC2(COC2)C1. The Balaban J connectivity index is 0.000000396.